The zero-order valence-corrected chi connectivity index (χ0v) is 7.60. The van der Waals surface area contributed by atoms with Crippen LogP contribution in [-0.2, 0) is 0 Å². The standard InChI is InChI=1S/C10H7ClN2/c1-2-5-13-10-4-3-9(11)6-8(10)7-12/h1,3-4,6,13H,5H2. The lowest BCUT2D eigenvalue weighted by atomic mass is 10.2. The first-order valence-electron chi connectivity index (χ1n) is 3.65. The second kappa shape index (κ2) is 4.40. The van der Waals surface area contributed by atoms with Gasteiger partial charge in [0.05, 0.1) is 17.8 Å². The Kier molecular flexibility index (Phi) is 3.20. The molecule has 0 heterocycles. The van der Waals surface area contributed by atoms with Crippen LogP contribution in [-0.4, -0.2) is 6.54 Å². The second-order valence-corrected chi connectivity index (χ2v) is 2.80. The van der Waals surface area contributed by atoms with E-state index in [0.29, 0.717) is 22.8 Å². The van der Waals surface area contributed by atoms with Crippen LogP contribution in [0.4, 0.5) is 5.69 Å². The van der Waals surface area contributed by atoms with Crippen molar-refractivity contribution in [1.82, 2.24) is 0 Å². The van der Waals surface area contributed by atoms with E-state index in [2.05, 4.69) is 11.2 Å². The number of anilines is 1. The summed E-state index contributed by atoms with van der Waals surface area (Å²) in [6.45, 7) is 0.399. The molecule has 0 radical (unpaired) electrons. The molecule has 64 valence electrons. The summed E-state index contributed by atoms with van der Waals surface area (Å²) in [5.74, 6) is 2.43. The van der Waals surface area contributed by atoms with Gasteiger partial charge in [0.1, 0.15) is 6.07 Å². The van der Waals surface area contributed by atoms with Gasteiger partial charge in [-0.25, -0.2) is 0 Å². The van der Waals surface area contributed by atoms with Crippen molar-refractivity contribution in [2.24, 2.45) is 0 Å². The maximum absolute atomic E-state index is 8.74. The summed E-state index contributed by atoms with van der Waals surface area (Å²) >= 11 is 5.71. The topological polar surface area (TPSA) is 35.8 Å². The van der Waals surface area contributed by atoms with E-state index in [-0.39, 0.29) is 0 Å². The third-order valence-electron chi connectivity index (χ3n) is 1.48. The van der Waals surface area contributed by atoms with Crippen LogP contribution in [0.5, 0.6) is 0 Å². The maximum atomic E-state index is 8.74. The monoisotopic (exact) mass is 190 g/mol. The molecule has 0 saturated heterocycles. The highest BCUT2D eigenvalue weighted by molar-refractivity contribution is 6.30. The molecule has 0 amide bonds. The van der Waals surface area contributed by atoms with E-state index >= 15 is 0 Å². The van der Waals surface area contributed by atoms with Crippen LogP contribution in [0.15, 0.2) is 18.2 Å². The SMILES string of the molecule is C#CCNc1ccc(Cl)cc1C#N. The smallest absolute Gasteiger partial charge is 0.101 e. The minimum absolute atomic E-state index is 0.399. The zero-order valence-electron chi connectivity index (χ0n) is 6.84. The highest BCUT2D eigenvalue weighted by Gasteiger charge is 2.00. The van der Waals surface area contributed by atoms with E-state index in [1.165, 1.54) is 0 Å². The maximum Gasteiger partial charge on any atom is 0.101 e. The lowest BCUT2D eigenvalue weighted by molar-refractivity contribution is 1.36. The van der Waals surface area contributed by atoms with Gasteiger partial charge in [0.25, 0.3) is 0 Å². The molecule has 0 saturated carbocycles. The van der Waals surface area contributed by atoms with Crippen LogP contribution < -0.4 is 5.32 Å². The predicted molar refractivity (Wildman–Crippen MR) is 53.5 cm³/mol. The molecule has 0 unspecified atom stereocenters. The Morgan fingerprint density at radius 2 is 2.31 bits per heavy atom. The second-order valence-electron chi connectivity index (χ2n) is 2.36. The molecule has 0 fully saturated rings. The van der Waals surface area contributed by atoms with E-state index in [9.17, 15) is 0 Å². The summed E-state index contributed by atoms with van der Waals surface area (Å²) in [7, 11) is 0. The number of rotatable bonds is 2. The fourth-order valence-corrected chi connectivity index (χ4v) is 1.08. The van der Waals surface area contributed by atoms with Crippen molar-refractivity contribution in [3.63, 3.8) is 0 Å². The van der Waals surface area contributed by atoms with Crippen molar-refractivity contribution in [2.45, 2.75) is 0 Å². The Balaban J connectivity index is 2.96. The first kappa shape index (κ1) is 9.45. The van der Waals surface area contributed by atoms with Crippen molar-refractivity contribution in [2.75, 3.05) is 11.9 Å². The first-order chi connectivity index (χ1) is 6.27. The van der Waals surface area contributed by atoms with E-state index in [1.807, 2.05) is 6.07 Å². The minimum atomic E-state index is 0.399. The summed E-state index contributed by atoms with van der Waals surface area (Å²) in [5.41, 5.74) is 1.22. The van der Waals surface area contributed by atoms with E-state index < -0.39 is 0 Å². The van der Waals surface area contributed by atoms with Crippen LogP contribution in [0.25, 0.3) is 0 Å². The minimum Gasteiger partial charge on any atom is -0.373 e. The summed E-state index contributed by atoms with van der Waals surface area (Å²) < 4.78 is 0. The van der Waals surface area contributed by atoms with Gasteiger partial charge in [-0.3, -0.25) is 0 Å². The number of benzene rings is 1. The average molecular weight is 191 g/mol. The van der Waals surface area contributed by atoms with Gasteiger partial charge in [0.15, 0.2) is 0 Å². The zero-order chi connectivity index (χ0) is 9.68. The Labute approximate surface area is 82.1 Å². The van der Waals surface area contributed by atoms with Crippen molar-refractivity contribution in [3.05, 3.63) is 28.8 Å². The lowest BCUT2D eigenvalue weighted by Crippen LogP contribution is -2.00. The van der Waals surface area contributed by atoms with Crippen molar-refractivity contribution >= 4 is 17.3 Å². The molecule has 2 nitrogen and oxygen atoms in total. The molecule has 0 aromatic heterocycles. The van der Waals surface area contributed by atoms with Crippen LogP contribution >= 0.6 is 11.6 Å². The van der Waals surface area contributed by atoms with Gasteiger partial charge in [-0.15, -0.1) is 6.42 Å². The molecule has 3 heteroatoms. The molecule has 0 aliphatic heterocycles. The Hall–Kier alpha value is -1.64. The summed E-state index contributed by atoms with van der Waals surface area (Å²) in [5, 5.41) is 12.2. The van der Waals surface area contributed by atoms with Gasteiger partial charge < -0.3 is 5.32 Å². The number of hydrogen-bond donors (Lipinski definition) is 1. The normalized spacial score (nSPS) is 8.54. The Bertz CT molecular complexity index is 385. The number of hydrogen-bond acceptors (Lipinski definition) is 2. The number of nitriles is 1. The molecule has 1 aromatic carbocycles. The highest BCUT2D eigenvalue weighted by Crippen LogP contribution is 2.19. The molecule has 13 heavy (non-hydrogen) atoms. The lowest BCUT2D eigenvalue weighted by Gasteiger charge is -2.04. The van der Waals surface area contributed by atoms with Gasteiger partial charge in [-0.1, -0.05) is 17.5 Å². The van der Waals surface area contributed by atoms with Crippen LogP contribution in [0.3, 0.4) is 0 Å². The molecule has 0 bridgehead atoms. The Morgan fingerprint density at radius 3 is 2.92 bits per heavy atom. The van der Waals surface area contributed by atoms with Crippen LogP contribution in [0.2, 0.25) is 5.02 Å². The molecule has 0 aliphatic carbocycles. The quantitative estimate of drug-likeness (QED) is 0.727. The van der Waals surface area contributed by atoms with Crippen LogP contribution in [0, 0.1) is 23.7 Å². The van der Waals surface area contributed by atoms with E-state index in [4.69, 9.17) is 23.3 Å². The number of nitrogens with one attached hydrogen (secondary N) is 1. The van der Waals surface area contributed by atoms with Gasteiger partial charge in [0, 0.05) is 5.02 Å². The average Bonchev–Trinajstić information content (AvgIpc) is 2.16. The predicted octanol–water partition coefficient (Wildman–Crippen LogP) is 2.26. The molecule has 0 spiro atoms. The summed E-state index contributed by atoms with van der Waals surface area (Å²) in [4.78, 5) is 0. The van der Waals surface area contributed by atoms with E-state index in [1.54, 1.807) is 18.2 Å². The Morgan fingerprint density at radius 1 is 1.54 bits per heavy atom. The van der Waals surface area contributed by atoms with Gasteiger partial charge in [0.2, 0.25) is 0 Å². The fourth-order valence-electron chi connectivity index (χ4n) is 0.909. The first-order valence-corrected chi connectivity index (χ1v) is 4.02. The van der Waals surface area contributed by atoms with Crippen molar-refractivity contribution < 1.29 is 0 Å². The van der Waals surface area contributed by atoms with E-state index in [0.717, 1.165) is 0 Å². The molecule has 0 atom stereocenters. The highest BCUT2D eigenvalue weighted by atomic mass is 35.5. The molecular weight excluding hydrogens is 184 g/mol. The fraction of sp³-hybridized carbons (Fsp3) is 0.100. The number of nitrogens with zero attached hydrogens (tertiary/aromatic N) is 1. The molecule has 1 aromatic rings. The third kappa shape index (κ3) is 2.40. The van der Waals surface area contributed by atoms with Gasteiger partial charge >= 0.3 is 0 Å². The number of terminal acetylenes is 1. The van der Waals surface area contributed by atoms with Gasteiger partial charge in [-0.2, -0.15) is 5.26 Å². The third-order valence-corrected chi connectivity index (χ3v) is 1.72. The molecular formula is C10H7ClN2. The molecule has 1 N–H and O–H groups in total. The molecule has 0 aliphatic rings. The van der Waals surface area contributed by atoms with Crippen molar-refractivity contribution in [1.29, 1.82) is 5.26 Å². The summed E-state index contributed by atoms with van der Waals surface area (Å²) in [6.07, 6.45) is 5.08. The number of halogens is 1. The molecule has 1 rings (SSSR count). The summed E-state index contributed by atoms with van der Waals surface area (Å²) in [6, 6.07) is 7.07. The van der Waals surface area contributed by atoms with Crippen LogP contribution in [0.1, 0.15) is 5.56 Å². The van der Waals surface area contributed by atoms with Gasteiger partial charge in [-0.05, 0) is 18.2 Å². The van der Waals surface area contributed by atoms with Crippen molar-refractivity contribution in [3.8, 4) is 18.4 Å². The largest absolute Gasteiger partial charge is 0.373 e.